The predicted molar refractivity (Wildman–Crippen MR) is 69.8 cm³/mol. The third kappa shape index (κ3) is 3.01. The van der Waals surface area contributed by atoms with E-state index in [1.807, 2.05) is 0 Å². The van der Waals surface area contributed by atoms with Crippen LogP contribution in [-0.4, -0.2) is 28.3 Å². The van der Waals surface area contributed by atoms with E-state index in [1.54, 1.807) is 20.8 Å². The smallest absolute Gasteiger partial charge is 0.408 e. The van der Waals surface area contributed by atoms with E-state index in [1.165, 1.54) is 0 Å². The van der Waals surface area contributed by atoms with E-state index in [0.717, 1.165) is 25.7 Å². The number of carboxylic acids is 1. The predicted octanol–water partition coefficient (Wildman–Crippen LogP) is 2.54. The van der Waals surface area contributed by atoms with E-state index >= 15 is 0 Å². The molecule has 19 heavy (non-hydrogen) atoms. The lowest BCUT2D eigenvalue weighted by molar-refractivity contribution is -0.149. The number of carbonyl (C=O) groups is 2. The van der Waals surface area contributed by atoms with Crippen molar-refractivity contribution in [3.8, 4) is 0 Å². The second-order valence-electron chi connectivity index (χ2n) is 6.85. The van der Waals surface area contributed by atoms with Gasteiger partial charge in [0.1, 0.15) is 5.60 Å². The molecule has 3 aliphatic rings. The average molecular weight is 269 g/mol. The van der Waals surface area contributed by atoms with Crippen LogP contribution in [0.2, 0.25) is 0 Å². The van der Waals surface area contributed by atoms with Crippen LogP contribution in [0.5, 0.6) is 0 Å². The molecule has 3 saturated carbocycles. The number of fused-ring (bicyclic) bond motifs is 3. The first-order chi connectivity index (χ1) is 8.72. The SMILES string of the molecule is CC(C)(C)OC(=O)NC12CCC(CC1)C[C@@H]2C(=O)O. The molecule has 0 heterocycles. The number of carbonyl (C=O) groups excluding carboxylic acids is 1. The fourth-order valence-electron chi connectivity index (χ4n) is 3.39. The monoisotopic (exact) mass is 269 g/mol. The Morgan fingerprint density at radius 3 is 2.32 bits per heavy atom. The van der Waals surface area contributed by atoms with E-state index in [-0.39, 0.29) is 0 Å². The van der Waals surface area contributed by atoms with Gasteiger partial charge in [0.2, 0.25) is 0 Å². The lowest BCUT2D eigenvalue weighted by Gasteiger charge is -2.50. The average Bonchev–Trinajstić information content (AvgIpc) is 2.26. The van der Waals surface area contributed by atoms with E-state index in [0.29, 0.717) is 12.3 Å². The number of rotatable bonds is 2. The highest BCUT2D eigenvalue weighted by molar-refractivity contribution is 5.75. The Hall–Kier alpha value is -1.26. The number of hydrogen-bond acceptors (Lipinski definition) is 3. The summed E-state index contributed by atoms with van der Waals surface area (Å²) < 4.78 is 5.27. The van der Waals surface area contributed by atoms with Gasteiger partial charge in [0.25, 0.3) is 0 Å². The summed E-state index contributed by atoms with van der Waals surface area (Å²) in [5.41, 5.74) is -1.17. The first kappa shape index (κ1) is 14.2. The zero-order valence-corrected chi connectivity index (χ0v) is 11.9. The van der Waals surface area contributed by atoms with Crippen molar-refractivity contribution < 1.29 is 19.4 Å². The van der Waals surface area contributed by atoms with Crippen LogP contribution in [-0.2, 0) is 9.53 Å². The largest absolute Gasteiger partial charge is 0.481 e. The molecular weight excluding hydrogens is 246 g/mol. The molecule has 0 aromatic rings. The zero-order valence-electron chi connectivity index (χ0n) is 11.9. The molecular formula is C14H23NO4. The Balaban J connectivity index is 2.10. The fourth-order valence-corrected chi connectivity index (χ4v) is 3.39. The van der Waals surface area contributed by atoms with Crippen molar-refractivity contribution in [2.45, 2.75) is 64.0 Å². The summed E-state index contributed by atoms with van der Waals surface area (Å²) in [6.07, 6.45) is 3.66. The molecule has 3 rings (SSSR count). The highest BCUT2D eigenvalue weighted by Crippen LogP contribution is 2.48. The lowest BCUT2D eigenvalue weighted by atomic mass is 9.60. The second-order valence-corrected chi connectivity index (χ2v) is 6.85. The van der Waals surface area contributed by atoms with Crippen molar-refractivity contribution in [3.05, 3.63) is 0 Å². The van der Waals surface area contributed by atoms with Crippen LogP contribution in [0.4, 0.5) is 4.79 Å². The third-order valence-corrected chi connectivity index (χ3v) is 4.28. The molecule has 0 saturated heterocycles. The van der Waals surface area contributed by atoms with Gasteiger partial charge in [-0.25, -0.2) is 4.79 Å². The molecule has 0 radical (unpaired) electrons. The first-order valence-corrected chi connectivity index (χ1v) is 6.96. The summed E-state index contributed by atoms with van der Waals surface area (Å²) in [6.45, 7) is 5.41. The van der Waals surface area contributed by atoms with Crippen molar-refractivity contribution in [2.24, 2.45) is 11.8 Å². The van der Waals surface area contributed by atoms with E-state index in [2.05, 4.69) is 5.32 Å². The summed E-state index contributed by atoms with van der Waals surface area (Å²) >= 11 is 0. The molecule has 2 bridgehead atoms. The summed E-state index contributed by atoms with van der Waals surface area (Å²) in [5, 5.41) is 12.2. The van der Waals surface area contributed by atoms with Gasteiger partial charge in [-0.05, 0) is 58.8 Å². The highest BCUT2D eigenvalue weighted by atomic mass is 16.6. The van der Waals surface area contributed by atoms with Gasteiger partial charge in [0.15, 0.2) is 0 Å². The van der Waals surface area contributed by atoms with Gasteiger partial charge in [0.05, 0.1) is 11.5 Å². The van der Waals surface area contributed by atoms with Crippen molar-refractivity contribution in [1.82, 2.24) is 5.32 Å². The minimum Gasteiger partial charge on any atom is -0.481 e. The minimum absolute atomic E-state index is 0.479. The van der Waals surface area contributed by atoms with Gasteiger partial charge >= 0.3 is 12.1 Å². The first-order valence-electron chi connectivity index (χ1n) is 6.96. The minimum atomic E-state index is -0.805. The Morgan fingerprint density at radius 1 is 1.26 bits per heavy atom. The van der Waals surface area contributed by atoms with Gasteiger partial charge in [-0.15, -0.1) is 0 Å². The van der Waals surface area contributed by atoms with E-state index in [9.17, 15) is 14.7 Å². The van der Waals surface area contributed by atoms with Gasteiger partial charge in [-0.3, -0.25) is 4.79 Å². The Labute approximate surface area is 113 Å². The number of carboxylic acid groups (broad SMARTS) is 1. The molecule has 1 amide bonds. The van der Waals surface area contributed by atoms with Crippen LogP contribution in [0.25, 0.3) is 0 Å². The molecule has 0 spiro atoms. The van der Waals surface area contributed by atoms with E-state index in [4.69, 9.17) is 4.74 Å². The van der Waals surface area contributed by atoms with Crippen LogP contribution >= 0.6 is 0 Å². The zero-order chi connectivity index (χ0) is 14.3. The second kappa shape index (κ2) is 4.69. The number of aliphatic carboxylic acids is 1. The van der Waals surface area contributed by atoms with Crippen molar-refractivity contribution in [1.29, 1.82) is 0 Å². The standard InChI is InChI=1S/C14H23NO4/c1-13(2,3)19-12(18)15-14-6-4-9(5-7-14)8-10(14)11(16)17/h9-10H,4-8H2,1-3H3,(H,15,18)(H,16,17)/t9?,10-,14?/m1/s1. The maximum absolute atomic E-state index is 12.0. The molecule has 0 aliphatic heterocycles. The summed E-state index contributed by atoms with van der Waals surface area (Å²) in [4.78, 5) is 23.4. The van der Waals surface area contributed by atoms with Crippen molar-refractivity contribution in [2.75, 3.05) is 0 Å². The molecule has 1 atom stereocenters. The van der Waals surface area contributed by atoms with Crippen LogP contribution in [0, 0.1) is 11.8 Å². The maximum atomic E-state index is 12.0. The fraction of sp³-hybridized carbons (Fsp3) is 0.857. The molecule has 5 heteroatoms. The number of nitrogens with one attached hydrogen (secondary N) is 1. The molecule has 2 N–H and O–H groups in total. The van der Waals surface area contributed by atoms with E-state index < -0.39 is 29.1 Å². The third-order valence-electron chi connectivity index (χ3n) is 4.28. The Kier molecular flexibility index (Phi) is 3.49. The van der Waals surface area contributed by atoms with Gasteiger partial charge in [0, 0.05) is 0 Å². The number of hydrogen-bond donors (Lipinski definition) is 2. The van der Waals surface area contributed by atoms with Crippen LogP contribution in [0.1, 0.15) is 52.9 Å². The highest BCUT2D eigenvalue weighted by Gasteiger charge is 2.52. The number of ether oxygens (including phenoxy) is 1. The van der Waals surface area contributed by atoms with Crippen LogP contribution < -0.4 is 5.32 Å². The molecule has 5 nitrogen and oxygen atoms in total. The molecule has 0 unspecified atom stereocenters. The Bertz CT molecular complexity index is 377. The molecule has 0 aromatic carbocycles. The van der Waals surface area contributed by atoms with Crippen LogP contribution in [0.3, 0.4) is 0 Å². The summed E-state index contributed by atoms with van der Waals surface area (Å²) in [7, 11) is 0. The van der Waals surface area contributed by atoms with Gasteiger partial charge in [-0.2, -0.15) is 0 Å². The summed E-state index contributed by atoms with van der Waals surface area (Å²) in [5.74, 6) is -0.781. The topological polar surface area (TPSA) is 75.6 Å². The van der Waals surface area contributed by atoms with Crippen molar-refractivity contribution >= 4 is 12.1 Å². The van der Waals surface area contributed by atoms with Gasteiger partial charge < -0.3 is 15.2 Å². The van der Waals surface area contributed by atoms with Gasteiger partial charge in [-0.1, -0.05) is 0 Å². The quantitative estimate of drug-likeness (QED) is 0.807. The molecule has 0 aromatic heterocycles. The van der Waals surface area contributed by atoms with Crippen molar-refractivity contribution in [3.63, 3.8) is 0 Å². The molecule has 108 valence electrons. The molecule has 3 fully saturated rings. The molecule has 3 aliphatic carbocycles. The van der Waals surface area contributed by atoms with Crippen LogP contribution in [0.15, 0.2) is 0 Å². The maximum Gasteiger partial charge on any atom is 0.408 e. The number of amides is 1. The Morgan fingerprint density at radius 2 is 1.84 bits per heavy atom. The normalized spacial score (nSPS) is 33.8. The lowest BCUT2D eigenvalue weighted by Crippen LogP contribution is -2.61. The summed E-state index contributed by atoms with van der Waals surface area (Å²) in [6, 6.07) is 0. The number of alkyl carbamates (subject to hydrolysis) is 1.